The fourth-order valence-corrected chi connectivity index (χ4v) is 3.78. The third kappa shape index (κ3) is 5.52. The van der Waals surface area contributed by atoms with E-state index in [4.69, 9.17) is 9.47 Å². The van der Waals surface area contributed by atoms with Gasteiger partial charge >= 0.3 is 5.97 Å². The number of sulfonamides is 1. The Labute approximate surface area is 153 Å². The van der Waals surface area contributed by atoms with Gasteiger partial charge in [-0.15, -0.1) is 0 Å². The molecule has 1 aromatic rings. The van der Waals surface area contributed by atoms with Crippen LogP contribution >= 0.6 is 0 Å². The van der Waals surface area contributed by atoms with E-state index < -0.39 is 16.0 Å². The number of unbranched alkanes of at least 4 members (excludes halogenated alkanes) is 1. The van der Waals surface area contributed by atoms with Crippen molar-refractivity contribution in [1.29, 1.82) is 0 Å². The second kappa shape index (κ2) is 9.65. The first-order valence-corrected chi connectivity index (χ1v) is 10.0. The third-order valence-corrected chi connectivity index (χ3v) is 5.80. The smallest absolute Gasteiger partial charge is 0.338 e. The highest BCUT2D eigenvalue weighted by Crippen LogP contribution is 2.18. The summed E-state index contributed by atoms with van der Waals surface area (Å²) in [6.07, 6.45) is 1.82. The average molecular weight is 384 g/mol. The van der Waals surface area contributed by atoms with E-state index in [1.165, 1.54) is 28.6 Å². The van der Waals surface area contributed by atoms with Crippen LogP contribution < -0.4 is 5.32 Å². The molecule has 1 aromatic carbocycles. The number of rotatable bonds is 8. The number of hydrogen-bond donors (Lipinski definition) is 1. The lowest BCUT2D eigenvalue weighted by molar-refractivity contribution is -0.124. The van der Waals surface area contributed by atoms with Crippen LogP contribution in [0.25, 0.3) is 0 Å². The van der Waals surface area contributed by atoms with Gasteiger partial charge in [0.15, 0.2) is 6.61 Å². The Hall–Kier alpha value is -1.97. The van der Waals surface area contributed by atoms with Gasteiger partial charge < -0.3 is 14.8 Å². The quantitative estimate of drug-likeness (QED) is 0.525. The number of esters is 1. The van der Waals surface area contributed by atoms with E-state index in [0.29, 0.717) is 32.8 Å². The summed E-state index contributed by atoms with van der Waals surface area (Å²) in [4.78, 5) is 23.6. The molecule has 0 radical (unpaired) electrons. The molecule has 0 aliphatic carbocycles. The Morgan fingerprint density at radius 2 is 1.85 bits per heavy atom. The lowest BCUT2D eigenvalue weighted by Crippen LogP contribution is -2.40. The molecule has 1 amide bonds. The number of carbonyl (C=O) groups excluding carboxylic acids is 2. The molecule has 2 rings (SSSR count). The first-order valence-electron chi connectivity index (χ1n) is 8.57. The standard InChI is InChI=1S/C17H24N2O6S/c1-2-3-8-18-16(20)13-25-17(21)14-4-6-15(7-5-14)26(22,23)19-9-11-24-12-10-19/h4-7H,2-3,8-13H2,1H3,(H,18,20). The Kier molecular flexibility index (Phi) is 7.55. The normalized spacial score (nSPS) is 15.4. The molecule has 1 aliphatic rings. The number of hydrogen-bond acceptors (Lipinski definition) is 6. The van der Waals surface area contributed by atoms with Crippen LogP contribution in [0.2, 0.25) is 0 Å². The fraction of sp³-hybridized carbons (Fsp3) is 0.529. The predicted molar refractivity (Wildman–Crippen MR) is 94.2 cm³/mol. The Balaban J connectivity index is 1.91. The van der Waals surface area contributed by atoms with Gasteiger partial charge in [-0.3, -0.25) is 4.79 Å². The first-order chi connectivity index (χ1) is 12.4. The number of carbonyl (C=O) groups is 2. The van der Waals surface area contributed by atoms with Crippen molar-refractivity contribution in [3.05, 3.63) is 29.8 Å². The maximum Gasteiger partial charge on any atom is 0.338 e. The molecular weight excluding hydrogens is 360 g/mol. The van der Waals surface area contributed by atoms with Gasteiger partial charge in [0.1, 0.15) is 0 Å². The van der Waals surface area contributed by atoms with Gasteiger partial charge in [0.05, 0.1) is 23.7 Å². The van der Waals surface area contributed by atoms with Gasteiger partial charge in [0.25, 0.3) is 5.91 Å². The number of morpholine rings is 1. The highest BCUT2D eigenvalue weighted by molar-refractivity contribution is 7.89. The molecule has 1 saturated heterocycles. The Morgan fingerprint density at radius 1 is 1.19 bits per heavy atom. The SMILES string of the molecule is CCCCNC(=O)COC(=O)c1ccc(S(=O)(=O)N2CCOCC2)cc1. The maximum atomic E-state index is 12.5. The maximum absolute atomic E-state index is 12.5. The number of benzene rings is 1. The number of nitrogens with zero attached hydrogens (tertiary/aromatic N) is 1. The van der Waals surface area contributed by atoms with Crippen LogP contribution in [0.5, 0.6) is 0 Å². The predicted octanol–water partition coefficient (Wildman–Crippen LogP) is 0.781. The Bertz CT molecular complexity index is 711. The van der Waals surface area contributed by atoms with E-state index in [0.717, 1.165) is 12.8 Å². The summed E-state index contributed by atoms with van der Waals surface area (Å²) < 4.78 is 36.5. The monoisotopic (exact) mass is 384 g/mol. The van der Waals surface area contributed by atoms with E-state index in [1.807, 2.05) is 6.92 Å². The molecule has 0 spiro atoms. The molecule has 0 aromatic heterocycles. The second-order valence-electron chi connectivity index (χ2n) is 5.82. The highest BCUT2D eigenvalue weighted by Gasteiger charge is 2.26. The summed E-state index contributed by atoms with van der Waals surface area (Å²) in [5, 5.41) is 2.64. The largest absolute Gasteiger partial charge is 0.452 e. The van der Waals surface area contributed by atoms with Gasteiger partial charge in [-0.05, 0) is 30.7 Å². The Morgan fingerprint density at radius 3 is 2.46 bits per heavy atom. The first kappa shape index (κ1) is 20.3. The summed E-state index contributed by atoms with van der Waals surface area (Å²) in [6.45, 7) is 3.53. The fourth-order valence-electron chi connectivity index (χ4n) is 2.37. The van der Waals surface area contributed by atoms with Crippen LogP contribution in [-0.4, -0.2) is 64.1 Å². The van der Waals surface area contributed by atoms with Gasteiger partial charge in [-0.25, -0.2) is 13.2 Å². The van der Waals surface area contributed by atoms with E-state index in [-0.39, 0.29) is 23.0 Å². The second-order valence-corrected chi connectivity index (χ2v) is 7.76. The van der Waals surface area contributed by atoms with E-state index in [1.54, 1.807) is 0 Å². The minimum atomic E-state index is -3.61. The van der Waals surface area contributed by atoms with E-state index >= 15 is 0 Å². The van der Waals surface area contributed by atoms with Gasteiger partial charge in [0, 0.05) is 19.6 Å². The molecule has 0 saturated carbocycles. The number of ether oxygens (including phenoxy) is 2. The third-order valence-electron chi connectivity index (χ3n) is 3.88. The summed E-state index contributed by atoms with van der Waals surface area (Å²) in [7, 11) is -3.61. The van der Waals surface area contributed by atoms with Crippen LogP contribution in [-0.2, 0) is 24.3 Å². The van der Waals surface area contributed by atoms with Crippen molar-refractivity contribution < 1.29 is 27.5 Å². The molecule has 1 heterocycles. The van der Waals surface area contributed by atoms with Crippen molar-refractivity contribution in [2.45, 2.75) is 24.7 Å². The zero-order valence-electron chi connectivity index (χ0n) is 14.8. The molecular formula is C17H24N2O6S. The molecule has 1 aliphatic heterocycles. The van der Waals surface area contributed by atoms with Crippen LogP contribution in [0.1, 0.15) is 30.1 Å². The van der Waals surface area contributed by atoms with Gasteiger partial charge in [-0.1, -0.05) is 13.3 Å². The van der Waals surface area contributed by atoms with Crippen LogP contribution in [0, 0.1) is 0 Å². The van der Waals surface area contributed by atoms with Crippen molar-refractivity contribution in [3.63, 3.8) is 0 Å². The molecule has 0 unspecified atom stereocenters. The summed E-state index contributed by atoms with van der Waals surface area (Å²) in [6, 6.07) is 5.49. The molecule has 0 atom stereocenters. The van der Waals surface area contributed by atoms with Crippen LogP contribution in [0.15, 0.2) is 29.2 Å². The zero-order valence-corrected chi connectivity index (χ0v) is 15.6. The molecule has 26 heavy (non-hydrogen) atoms. The summed E-state index contributed by atoms with van der Waals surface area (Å²) in [5.41, 5.74) is 0.187. The van der Waals surface area contributed by atoms with Crippen LogP contribution in [0.4, 0.5) is 0 Å². The zero-order chi connectivity index (χ0) is 19.0. The highest BCUT2D eigenvalue weighted by atomic mass is 32.2. The summed E-state index contributed by atoms with van der Waals surface area (Å²) in [5.74, 6) is -1.04. The molecule has 1 N–H and O–H groups in total. The van der Waals surface area contributed by atoms with E-state index in [9.17, 15) is 18.0 Å². The lowest BCUT2D eigenvalue weighted by Gasteiger charge is -2.26. The minimum Gasteiger partial charge on any atom is -0.452 e. The molecule has 9 heteroatoms. The van der Waals surface area contributed by atoms with Crippen molar-refractivity contribution in [3.8, 4) is 0 Å². The number of nitrogens with one attached hydrogen (secondary N) is 1. The van der Waals surface area contributed by atoms with Crippen LogP contribution in [0.3, 0.4) is 0 Å². The lowest BCUT2D eigenvalue weighted by atomic mass is 10.2. The topological polar surface area (TPSA) is 102 Å². The molecule has 8 nitrogen and oxygen atoms in total. The summed E-state index contributed by atoms with van der Waals surface area (Å²) >= 11 is 0. The molecule has 1 fully saturated rings. The van der Waals surface area contributed by atoms with Crippen molar-refractivity contribution in [2.24, 2.45) is 0 Å². The molecule has 0 bridgehead atoms. The van der Waals surface area contributed by atoms with Crippen molar-refractivity contribution in [1.82, 2.24) is 9.62 Å². The van der Waals surface area contributed by atoms with Crippen molar-refractivity contribution >= 4 is 21.9 Å². The van der Waals surface area contributed by atoms with E-state index in [2.05, 4.69) is 5.32 Å². The van der Waals surface area contributed by atoms with Gasteiger partial charge in [-0.2, -0.15) is 4.31 Å². The average Bonchev–Trinajstić information content (AvgIpc) is 2.67. The minimum absolute atomic E-state index is 0.105. The van der Waals surface area contributed by atoms with Gasteiger partial charge in [0.2, 0.25) is 10.0 Å². The number of amides is 1. The van der Waals surface area contributed by atoms with Crippen molar-refractivity contribution in [2.75, 3.05) is 39.5 Å². The molecule has 144 valence electrons.